The lowest BCUT2D eigenvalue weighted by atomic mass is 9.79. The van der Waals surface area contributed by atoms with Gasteiger partial charge >= 0.3 is 0 Å². The highest BCUT2D eigenvalue weighted by Crippen LogP contribution is 2.41. The van der Waals surface area contributed by atoms with Crippen molar-refractivity contribution in [2.24, 2.45) is 5.41 Å². The van der Waals surface area contributed by atoms with Crippen molar-refractivity contribution in [1.29, 1.82) is 0 Å². The number of para-hydroxylation sites is 1. The fourth-order valence-corrected chi connectivity index (χ4v) is 5.05. The van der Waals surface area contributed by atoms with Crippen molar-refractivity contribution >= 4 is 0 Å². The third-order valence-corrected chi connectivity index (χ3v) is 6.31. The summed E-state index contributed by atoms with van der Waals surface area (Å²) in [6.07, 6.45) is 3.87. The molecule has 1 spiro atoms. The van der Waals surface area contributed by atoms with E-state index in [1.54, 1.807) is 14.2 Å². The van der Waals surface area contributed by atoms with Gasteiger partial charge in [-0.1, -0.05) is 12.1 Å². The molecule has 3 heterocycles. The lowest BCUT2D eigenvalue weighted by Crippen LogP contribution is -2.44. The molecule has 2 aliphatic heterocycles. The Labute approximate surface area is 168 Å². The predicted octanol–water partition coefficient (Wildman–Crippen LogP) is 4.09. The summed E-state index contributed by atoms with van der Waals surface area (Å²) in [7, 11) is 3.43. The summed E-state index contributed by atoms with van der Waals surface area (Å²) in [6, 6.07) is 10.3. The summed E-state index contributed by atoms with van der Waals surface area (Å²) >= 11 is 0. The van der Waals surface area contributed by atoms with Crippen LogP contribution in [0.5, 0.6) is 11.5 Å². The molecule has 5 heteroatoms. The Bertz CT molecular complexity index is 803. The van der Waals surface area contributed by atoms with Gasteiger partial charge in [-0.3, -0.25) is 9.80 Å². The maximum Gasteiger partial charge on any atom is 0.165 e. The number of methoxy groups -OCH3 is 2. The zero-order chi connectivity index (χ0) is 19.6. The minimum atomic E-state index is 0.409. The average molecular weight is 385 g/mol. The maximum absolute atomic E-state index is 5.79. The number of furan rings is 1. The van der Waals surface area contributed by atoms with E-state index in [4.69, 9.17) is 13.9 Å². The number of hydrogen-bond donors (Lipinski definition) is 0. The second kappa shape index (κ2) is 8.18. The number of rotatable bonds is 6. The highest BCUT2D eigenvalue weighted by atomic mass is 16.5. The van der Waals surface area contributed by atoms with Crippen LogP contribution in [0.4, 0.5) is 0 Å². The van der Waals surface area contributed by atoms with Crippen molar-refractivity contribution in [1.82, 2.24) is 9.80 Å². The molecule has 0 unspecified atom stereocenters. The van der Waals surface area contributed by atoms with Crippen LogP contribution in [0.25, 0.3) is 0 Å². The molecule has 4 rings (SSSR count). The Morgan fingerprint density at radius 2 is 1.79 bits per heavy atom. The highest BCUT2D eigenvalue weighted by Gasteiger charge is 2.41. The Morgan fingerprint density at radius 3 is 2.50 bits per heavy atom. The number of nitrogens with zero attached hydrogens (tertiary/aromatic N) is 2. The predicted molar refractivity (Wildman–Crippen MR) is 110 cm³/mol. The summed E-state index contributed by atoms with van der Waals surface area (Å²) < 4.78 is 16.9. The molecule has 2 aliphatic rings. The molecule has 1 aromatic carbocycles. The maximum atomic E-state index is 5.79. The van der Waals surface area contributed by atoms with Crippen LogP contribution in [-0.4, -0.2) is 50.2 Å². The molecule has 5 nitrogen and oxygen atoms in total. The molecular formula is C23H32N2O3. The first-order valence-corrected chi connectivity index (χ1v) is 10.3. The van der Waals surface area contributed by atoms with Crippen LogP contribution in [-0.2, 0) is 13.1 Å². The van der Waals surface area contributed by atoms with Gasteiger partial charge in [-0.15, -0.1) is 0 Å². The smallest absolute Gasteiger partial charge is 0.165 e. The van der Waals surface area contributed by atoms with Gasteiger partial charge in [0.05, 0.1) is 20.8 Å². The summed E-state index contributed by atoms with van der Waals surface area (Å²) in [5.74, 6) is 3.77. The Hall–Kier alpha value is -1.98. The molecule has 0 aliphatic carbocycles. The topological polar surface area (TPSA) is 38.1 Å². The molecule has 1 atom stereocenters. The molecule has 152 valence electrons. The molecule has 0 N–H and O–H groups in total. The van der Waals surface area contributed by atoms with Gasteiger partial charge in [-0.05, 0) is 62.9 Å². The van der Waals surface area contributed by atoms with Gasteiger partial charge in [0.2, 0.25) is 0 Å². The Kier molecular flexibility index (Phi) is 5.65. The molecular weight excluding hydrogens is 352 g/mol. The van der Waals surface area contributed by atoms with Crippen LogP contribution in [0, 0.1) is 12.3 Å². The van der Waals surface area contributed by atoms with E-state index in [2.05, 4.69) is 34.1 Å². The van der Waals surface area contributed by atoms with Crippen molar-refractivity contribution in [3.63, 3.8) is 0 Å². The van der Waals surface area contributed by atoms with Crippen LogP contribution < -0.4 is 9.47 Å². The average Bonchev–Trinajstić information content (AvgIpc) is 3.27. The van der Waals surface area contributed by atoms with E-state index in [0.29, 0.717) is 5.41 Å². The monoisotopic (exact) mass is 384 g/mol. The number of benzene rings is 1. The summed E-state index contributed by atoms with van der Waals surface area (Å²) in [6.45, 7) is 8.49. The van der Waals surface area contributed by atoms with E-state index in [9.17, 15) is 0 Å². The molecule has 0 amide bonds. The van der Waals surface area contributed by atoms with Crippen LogP contribution in [0.3, 0.4) is 0 Å². The molecule has 0 radical (unpaired) electrons. The van der Waals surface area contributed by atoms with Gasteiger partial charge in [-0.2, -0.15) is 0 Å². The fraction of sp³-hybridized carbons (Fsp3) is 0.565. The quantitative estimate of drug-likeness (QED) is 0.750. The van der Waals surface area contributed by atoms with Gasteiger partial charge in [0.15, 0.2) is 11.5 Å². The third-order valence-electron chi connectivity index (χ3n) is 6.31. The SMILES string of the molecule is COc1cccc(CN2CCC[C@@]3(CCN(Cc4ccc(C)o4)C3)C2)c1OC. The van der Waals surface area contributed by atoms with Crippen molar-refractivity contribution in [3.05, 3.63) is 47.4 Å². The highest BCUT2D eigenvalue weighted by molar-refractivity contribution is 5.46. The zero-order valence-electron chi connectivity index (χ0n) is 17.4. The van der Waals surface area contributed by atoms with E-state index >= 15 is 0 Å². The summed E-state index contributed by atoms with van der Waals surface area (Å²) in [5.41, 5.74) is 1.62. The minimum Gasteiger partial charge on any atom is -0.493 e. The summed E-state index contributed by atoms with van der Waals surface area (Å²) in [5, 5.41) is 0. The van der Waals surface area contributed by atoms with E-state index in [1.807, 2.05) is 13.0 Å². The van der Waals surface area contributed by atoms with Crippen molar-refractivity contribution in [2.75, 3.05) is 40.4 Å². The van der Waals surface area contributed by atoms with Gasteiger partial charge in [0.25, 0.3) is 0 Å². The first kappa shape index (κ1) is 19.3. The first-order chi connectivity index (χ1) is 13.6. The summed E-state index contributed by atoms with van der Waals surface area (Å²) in [4.78, 5) is 5.16. The molecule has 1 aromatic heterocycles. The zero-order valence-corrected chi connectivity index (χ0v) is 17.4. The van der Waals surface area contributed by atoms with Gasteiger partial charge < -0.3 is 13.9 Å². The molecule has 2 fully saturated rings. The van der Waals surface area contributed by atoms with Gasteiger partial charge in [0, 0.05) is 25.2 Å². The third kappa shape index (κ3) is 4.06. The van der Waals surface area contributed by atoms with E-state index in [-0.39, 0.29) is 0 Å². The molecule has 28 heavy (non-hydrogen) atoms. The van der Waals surface area contributed by atoms with Crippen molar-refractivity contribution in [3.8, 4) is 11.5 Å². The van der Waals surface area contributed by atoms with Crippen LogP contribution in [0.1, 0.15) is 36.3 Å². The Balaban J connectivity index is 1.41. The molecule has 0 saturated carbocycles. The van der Waals surface area contributed by atoms with E-state index in [1.165, 1.54) is 31.4 Å². The minimum absolute atomic E-state index is 0.409. The number of likely N-dealkylation sites (tertiary alicyclic amines) is 2. The largest absolute Gasteiger partial charge is 0.493 e. The van der Waals surface area contributed by atoms with Crippen LogP contribution in [0.15, 0.2) is 34.7 Å². The number of piperidine rings is 1. The van der Waals surface area contributed by atoms with Crippen molar-refractivity contribution in [2.45, 2.75) is 39.3 Å². The number of aryl methyl sites for hydroxylation is 1. The van der Waals surface area contributed by atoms with E-state index < -0.39 is 0 Å². The van der Waals surface area contributed by atoms with Gasteiger partial charge in [0.1, 0.15) is 11.5 Å². The molecule has 2 saturated heterocycles. The first-order valence-electron chi connectivity index (χ1n) is 10.3. The Morgan fingerprint density at radius 1 is 0.964 bits per heavy atom. The van der Waals surface area contributed by atoms with Crippen LogP contribution >= 0.6 is 0 Å². The second-order valence-electron chi connectivity index (χ2n) is 8.44. The second-order valence-corrected chi connectivity index (χ2v) is 8.44. The van der Waals surface area contributed by atoms with E-state index in [0.717, 1.165) is 55.7 Å². The number of hydrogen-bond acceptors (Lipinski definition) is 5. The lowest BCUT2D eigenvalue weighted by molar-refractivity contribution is 0.0851. The fourth-order valence-electron chi connectivity index (χ4n) is 5.05. The standard InChI is InChI=1S/C23H32N2O3/c1-18-8-9-20(28-18)15-25-13-11-23(17-25)10-5-12-24(16-23)14-19-6-4-7-21(26-2)22(19)27-3/h4,6-9H,5,10-17H2,1-3H3/t23-/m1/s1. The molecule has 0 bridgehead atoms. The van der Waals surface area contributed by atoms with Gasteiger partial charge in [-0.25, -0.2) is 0 Å². The van der Waals surface area contributed by atoms with Crippen LogP contribution in [0.2, 0.25) is 0 Å². The lowest BCUT2D eigenvalue weighted by Gasteiger charge is -2.40. The number of ether oxygens (including phenoxy) is 2. The van der Waals surface area contributed by atoms with Crippen molar-refractivity contribution < 1.29 is 13.9 Å². The normalized spacial score (nSPS) is 23.4. The molecule has 2 aromatic rings.